The number of benzene rings is 1. The molecule has 2 heterocycles. The second-order valence-electron chi connectivity index (χ2n) is 4.07. The molecule has 0 saturated heterocycles. The standard InChI is InChI=1S/C13H12ClN3/c14-11-4-2-1-3-10(11)13-16-8-9-7-15-6-5-12(9)17-13/h1-4,8,15H,5-7H2. The summed E-state index contributed by atoms with van der Waals surface area (Å²) in [6, 6.07) is 7.67. The minimum Gasteiger partial charge on any atom is -0.312 e. The average molecular weight is 246 g/mol. The van der Waals surface area contributed by atoms with Crippen LogP contribution < -0.4 is 5.32 Å². The van der Waals surface area contributed by atoms with Crippen molar-refractivity contribution in [2.45, 2.75) is 13.0 Å². The smallest absolute Gasteiger partial charge is 0.160 e. The third-order valence-electron chi connectivity index (χ3n) is 2.92. The molecule has 1 aliphatic rings. The molecule has 0 fully saturated rings. The number of hydrogen-bond acceptors (Lipinski definition) is 3. The highest BCUT2D eigenvalue weighted by Crippen LogP contribution is 2.25. The maximum absolute atomic E-state index is 6.15. The maximum atomic E-state index is 6.15. The van der Waals surface area contributed by atoms with Gasteiger partial charge in [-0.05, 0) is 12.1 Å². The average Bonchev–Trinajstić information content (AvgIpc) is 2.39. The first-order valence-corrected chi connectivity index (χ1v) is 6.03. The van der Waals surface area contributed by atoms with Crippen molar-refractivity contribution in [1.82, 2.24) is 15.3 Å². The predicted molar refractivity (Wildman–Crippen MR) is 67.9 cm³/mol. The zero-order valence-corrected chi connectivity index (χ0v) is 10.0. The van der Waals surface area contributed by atoms with Crippen LogP contribution in [-0.4, -0.2) is 16.5 Å². The van der Waals surface area contributed by atoms with Crippen molar-refractivity contribution in [3.05, 3.63) is 46.7 Å². The van der Waals surface area contributed by atoms with Gasteiger partial charge in [0.2, 0.25) is 0 Å². The molecule has 4 heteroatoms. The zero-order chi connectivity index (χ0) is 11.7. The van der Waals surface area contributed by atoms with Crippen LogP contribution in [0.3, 0.4) is 0 Å². The summed E-state index contributed by atoms with van der Waals surface area (Å²) < 4.78 is 0. The Morgan fingerprint density at radius 2 is 2.12 bits per heavy atom. The summed E-state index contributed by atoms with van der Waals surface area (Å²) in [6.45, 7) is 1.84. The van der Waals surface area contributed by atoms with Gasteiger partial charge >= 0.3 is 0 Å². The van der Waals surface area contributed by atoms with Crippen molar-refractivity contribution < 1.29 is 0 Å². The molecule has 17 heavy (non-hydrogen) atoms. The molecule has 1 aromatic carbocycles. The Morgan fingerprint density at radius 3 is 3.00 bits per heavy atom. The summed E-state index contributed by atoms with van der Waals surface area (Å²) in [5.74, 6) is 0.719. The normalized spacial score (nSPS) is 14.4. The van der Waals surface area contributed by atoms with Gasteiger partial charge in [0.15, 0.2) is 5.82 Å². The Bertz CT molecular complexity index is 554. The third kappa shape index (κ3) is 2.04. The Hall–Kier alpha value is -1.45. The molecule has 0 saturated carbocycles. The predicted octanol–water partition coefficient (Wildman–Crippen LogP) is 2.44. The van der Waals surface area contributed by atoms with Gasteiger partial charge in [-0.15, -0.1) is 0 Å². The van der Waals surface area contributed by atoms with Crippen LogP contribution in [0.25, 0.3) is 11.4 Å². The molecule has 0 spiro atoms. The molecule has 3 nitrogen and oxygen atoms in total. The van der Waals surface area contributed by atoms with Crippen LogP contribution in [0, 0.1) is 0 Å². The van der Waals surface area contributed by atoms with Gasteiger partial charge < -0.3 is 5.32 Å². The zero-order valence-electron chi connectivity index (χ0n) is 9.28. The van der Waals surface area contributed by atoms with E-state index in [1.807, 2.05) is 30.5 Å². The highest BCUT2D eigenvalue weighted by atomic mass is 35.5. The number of rotatable bonds is 1. The van der Waals surface area contributed by atoms with E-state index in [1.54, 1.807) is 0 Å². The number of nitrogens with zero attached hydrogens (tertiary/aromatic N) is 2. The van der Waals surface area contributed by atoms with Crippen LogP contribution in [0.5, 0.6) is 0 Å². The molecule has 0 aliphatic carbocycles. The molecule has 0 unspecified atom stereocenters. The van der Waals surface area contributed by atoms with Gasteiger partial charge in [-0.2, -0.15) is 0 Å². The number of halogens is 1. The van der Waals surface area contributed by atoms with Gasteiger partial charge in [0.05, 0.1) is 10.7 Å². The van der Waals surface area contributed by atoms with Gasteiger partial charge in [-0.3, -0.25) is 0 Å². The largest absolute Gasteiger partial charge is 0.312 e. The van der Waals surface area contributed by atoms with Gasteiger partial charge in [0.25, 0.3) is 0 Å². The third-order valence-corrected chi connectivity index (χ3v) is 3.25. The SMILES string of the molecule is Clc1ccccc1-c1ncc2c(n1)CCNC2. The van der Waals surface area contributed by atoms with E-state index in [1.165, 1.54) is 5.56 Å². The van der Waals surface area contributed by atoms with Crippen LogP contribution in [-0.2, 0) is 13.0 Å². The van der Waals surface area contributed by atoms with E-state index in [0.717, 1.165) is 36.6 Å². The van der Waals surface area contributed by atoms with Crippen LogP contribution in [0.4, 0.5) is 0 Å². The van der Waals surface area contributed by atoms with Crippen molar-refractivity contribution in [1.29, 1.82) is 0 Å². The summed E-state index contributed by atoms with van der Waals surface area (Å²) in [5.41, 5.74) is 3.22. The molecule has 86 valence electrons. The molecular formula is C13H12ClN3. The fourth-order valence-electron chi connectivity index (χ4n) is 2.01. The first-order chi connectivity index (χ1) is 8.34. The van der Waals surface area contributed by atoms with Gasteiger partial charge in [0.1, 0.15) is 0 Å². The quantitative estimate of drug-likeness (QED) is 0.839. The van der Waals surface area contributed by atoms with E-state index >= 15 is 0 Å². The summed E-state index contributed by atoms with van der Waals surface area (Å²) in [6.07, 6.45) is 2.85. The summed E-state index contributed by atoms with van der Waals surface area (Å²) in [5, 5.41) is 4.00. The lowest BCUT2D eigenvalue weighted by atomic mass is 10.1. The Balaban J connectivity index is 2.07. The van der Waals surface area contributed by atoms with Crippen molar-refractivity contribution in [2.24, 2.45) is 0 Å². The van der Waals surface area contributed by atoms with Gasteiger partial charge in [-0.25, -0.2) is 9.97 Å². The van der Waals surface area contributed by atoms with E-state index in [0.29, 0.717) is 5.02 Å². The molecule has 0 amide bonds. The topological polar surface area (TPSA) is 37.8 Å². The fourth-order valence-corrected chi connectivity index (χ4v) is 2.23. The molecule has 3 rings (SSSR count). The second kappa shape index (κ2) is 4.43. The van der Waals surface area contributed by atoms with Crippen molar-refractivity contribution in [2.75, 3.05) is 6.54 Å². The van der Waals surface area contributed by atoms with Crippen LogP contribution in [0.1, 0.15) is 11.3 Å². The highest BCUT2D eigenvalue weighted by molar-refractivity contribution is 6.33. The lowest BCUT2D eigenvalue weighted by molar-refractivity contribution is 0.626. The van der Waals surface area contributed by atoms with Crippen molar-refractivity contribution in [3.63, 3.8) is 0 Å². The fraction of sp³-hybridized carbons (Fsp3) is 0.231. The minimum atomic E-state index is 0.696. The summed E-state index contributed by atoms with van der Waals surface area (Å²) in [4.78, 5) is 9.00. The van der Waals surface area contributed by atoms with Crippen LogP contribution in [0.2, 0.25) is 5.02 Å². The lowest BCUT2D eigenvalue weighted by Gasteiger charge is -2.16. The molecule has 0 atom stereocenters. The van der Waals surface area contributed by atoms with E-state index in [4.69, 9.17) is 11.6 Å². The van der Waals surface area contributed by atoms with Crippen LogP contribution in [0.15, 0.2) is 30.5 Å². The molecule has 1 N–H and O–H groups in total. The molecular weight excluding hydrogens is 234 g/mol. The number of aromatic nitrogens is 2. The molecule has 0 bridgehead atoms. The Labute approximate surface area is 105 Å². The van der Waals surface area contributed by atoms with E-state index in [-0.39, 0.29) is 0 Å². The number of nitrogens with one attached hydrogen (secondary N) is 1. The van der Waals surface area contributed by atoms with E-state index < -0.39 is 0 Å². The van der Waals surface area contributed by atoms with Crippen molar-refractivity contribution >= 4 is 11.6 Å². The highest BCUT2D eigenvalue weighted by Gasteiger charge is 2.13. The minimum absolute atomic E-state index is 0.696. The Morgan fingerprint density at radius 1 is 1.24 bits per heavy atom. The monoisotopic (exact) mass is 245 g/mol. The molecule has 1 aromatic heterocycles. The second-order valence-corrected chi connectivity index (χ2v) is 4.48. The lowest BCUT2D eigenvalue weighted by Crippen LogP contribution is -2.24. The number of hydrogen-bond donors (Lipinski definition) is 1. The molecule has 2 aromatic rings. The van der Waals surface area contributed by atoms with Gasteiger partial charge in [-0.1, -0.05) is 23.7 Å². The first kappa shape index (κ1) is 10.7. The van der Waals surface area contributed by atoms with E-state index in [2.05, 4.69) is 15.3 Å². The first-order valence-electron chi connectivity index (χ1n) is 5.65. The summed E-state index contributed by atoms with van der Waals surface area (Å²) >= 11 is 6.15. The van der Waals surface area contributed by atoms with Gasteiger partial charge in [0, 0.05) is 36.8 Å². The summed E-state index contributed by atoms with van der Waals surface area (Å²) in [7, 11) is 0. The van der Waals surface area contributed by atoms with E-state index in [9.17, 15) is 0 Å². The van der Waals surface area contributed by atoms with Crippen LogP contribution >= 0.6 is 11.6 Å². The maximum Gasteiger partial charge on any atom is 0.160 e. The Kier molecular flexibility index (Phi) is 2.79. The number of fused-ring (bicyclic) bond motifs is 1. The molecule has 0 radical (unpaired) electrons. The molecule has 1 aliphatic heterocycles. The van der Waals surface area contributed by atoms with Crippen molar-refractivity contribution in [3.8, 4) is 11.4 Å².